The predicted molar refractivity (Wildman–Crippen MR) is 90.5 cm³/mol. The van der Waals surface area contributed by atoms with Crippen LogP contribution >= 0.6 is 0 Å². The van der Waals surface area contributed by atoms with E-state index < -0.39 is 0 Å². The number of nitriles is 1. The van der Waals surface area contributed by atoms with E-state index in [0.29, 0.717) is 22.5 Å². The van der Waals surface area contributed by atoms with Gasteiger partial charge in [-0.2, -0.15) is 5.26 Å². The summed E-state index contributed by atoms with van der Waals surface area (Å²) in [4.78, 5) is 28.7. The number of hydrogen-bond donors (Lipinski definition) is 1. The molecule has 1 heterocycles. The summed E-state index contributed by atoms with van der Waals surface area (Å²) in [5, 5.41) is 11.6. The lowest BCUT2D eigenvalue weighted by molar-refractivity contribution is -0.117. The van der Waals surface area contributed by atoms with Crippen molar-refractivity contribution in [3.63, 3.8) is 0 Å². The van der Waals surface area contributed by atoms with Gasteiger partial charge in [-0.3, -0.25) is 14.6 Å². The van der Waals surface area contributed by atoms with E-state index in [1.807, 2.05) is 6.07 Å². The topological polar surface area (TPSA) is 82.3 Å². The number of Topliss-reactive ketones (excluding diaryl/α,β-unsaturated/α-hetero) is 1. The quantitative estimate of drug-likeness (QED) is 0.924. The van der Waals surface area contributed by atoms with Crippen LogP contribution < -0.4 is 5.32 Å². The number of hydrogen-bond acceptors (Lipinski definition) is 4. The van der Waals surface area contributed by atoms with Crippen LogP contribution in [-0.2, 0) is 11.2 Å². The predicted octanol–water partition coefficient (Wildman–Crippen LogP) is 2.55. The number of carbonyl (C=O) groups excluding carboxylic acids is 2. The maximum absolute atomic E-state index is 12.3. The first-order valence-corrected chi connectivity index (χ1v) is 7.55. The zero-order valence-electron chi connectivity index (χ0n) is 13.2. The van der Waals surface area contributed by atoms with Crippen molar-refractivity contribution in [3.05, 3.63) is 64.7 Å². The van der Waals surface area contributed by atoms with E-state index in [1.165, 1.54) is 0 Å². The molecule has 0 radical (unpaired) electrons. The van der Waals surface area contributed by atoms with Crippen LogP contribution in [0, 0.1) is 11.3 Å². The summed E-state index contributed by atoms with van der Waals surface area (Å²) in [7, 11) is 1.57. The Balaban J connectivity index is 2.07. The molecule has 118 valence electrons. The van der Waals surface area contributed by atoms with E-state index in [9.17, 15) is 9.59 Å². The molecule has 0 saturated carbocycles. The van der Waals surface area contributed by atoms with Crippen molar-refractivity contribution in [1.29, 1.82) is 5.26 Å². The molecule has 24 heavy (non-hydrogen) atoms. The molecule has 0 aliphatic carbocycles. The Hall–Kier alpha value is -3.26. The third kappa shape index (κ3) is 3.08. The Morgan fingerprint density at radius 1 is 1.21 bits per heavy atom. The molecule has 0 aromatic heterocycles. The molecule has 0 fully saturated rings. The lowest BCUT2D eigenvalue weighted by Crippen LogP contribution is -2.18. The Kier molecular flexibility index (Phi) is 4.21. The second-order valence-electron chi connectivity index (χ2n) is 5.57. The van der Waals surface area contributed by atoms with E-state index in [-0.39, 0.29) is 24.5 Å². The molecule has 0 spiro atoms. The molecule has 5 nitrogen and oxygen atoms in total. The lowest BCUT2D eigenvalue weighted by Gasteiger charge is -2.06. The van der Waals surface area contributed by atoms with Gasteiger partial charge in [0.2, 0.25) is 0 Å². The minimum atomic E-state index is -0.194. The molecule has 5 heteroatoms. The van der Waals surface area contributed by atoms with Crippen molar-refractivity contribution in [2.45, 2.75) is 12.8 Å². The number of aliphatic imine (C=N–C) groups is 1. The van der Waals surface area contributed by atoms with Crippen molar-refractivity contribution < 1.29 is 9.59 Å². The molecule has 0 unspecified atom stereocenters. The molecule has 1 aliphatic heterocycles. The molecular formula is C19H15N3O2. The van der Waals surface area contributed by atoms with Gasteiger partial charge in [-0.25, -0.2) is 0 Å². The fraction of sp³-hybridized carbons (Fsp3) is 0.158. The average Bonchev–Trinajstić information content (AvgIpc) is 2.78. The number of rotatable bonds is 2. The highest BCUT2D eigenvalue weighted by Gasteiger charge is 2.19. The summed E-state index contributed by atoms with van der Waals surface area (Å²) in [5.41, 5.74) is 3.88. The highest BCUT2D eigenvalue weighted by atomic mass is 16.1. The standard InChI is InChI=1S/C19H15N3O2/c1-21-19(24)14-5-6-17-15(8-14)9-16(23)10-18(22-17)13-4-2-3-12(7-13)11-20/h2-8H,9-10H2,1H3,(H,21,24). The highest BCUT2D eigenvalue weighted by molar-refractivity contribution is 6.13. The van der Waals surface area contributed by atoms with Gasteiger partial charge in [-0.15, -0.1) is 0 Å². The van der Waals surface area contributed by atoms with Crippen molar-refractivity contribution in [3.8, 4) is 6.07 Å². The largest absolute Gasteiger partial charge is 0.355 e. The lowest BCUT2D eigenvalue weighted by atomic mass is 10.0. The van der Waals surface area contributed by atoms with Crippen LogP contribution in [0.2, 0.25) is 0 Å². The molecule has 2 aromatic carbocycles. The van der Waals surface area contributed by atoms with Crippen LogP contribution in [0.25, 0.3) is 0 Å². The number of amides is 1. The van der Waals surface area contributed by atoms with Gasteiger partial charge in [-0.05, 0) is 41.5 Å². The van der Waals surface area contributed by atoms with Crippen LogP contribution in [0.3, 0.4) is 0 Å². The van der Waals surface area contributed by atoms with Crippen LogP contribution in [-0.4, -0.2) is 24.4 Å². The van der Waals surface area contributed by atoms with Gasteiger partial charge in [0.05, 0.1) is 23.0 Å². The first kappa shape index (κ1) is 15.6. The summed E-state index contributed by atoms with van der Waals surface area (Å²) in [5.74, 6) is -0.163. The second-order valence-corrected chi connectivity index (χ2v) is 5.57. The molecule has 1 aliphatic rings. The van der Waals surface area contributed by atoms with E-state index in [1.54, 1.807) is 43.4 Å². The van der Waals surface area contributed by atoms with E-state index >= 15 is 0 Å². The van der Waals surface area contributed by atoms with Crippen LogP contribution in [0.5, 0.6) is 0 Å². The SMILES string of the molecule is CNC(=O)c1ccc2c(c1)CC(=O)CC(c1cccc(C#N)c1)=N2. The first-order chi connectivity index (χ1) is 11.6. The summed E-state index contributed by atoms with van der Waals surface area (Å²) in [6.07, 6.45) is 0.448. The van der Waals surface area contributed by atoms with Crippen LogP contribution in [0.4, 0.5) is 5.69 Å². The van der Waals surface area contributed by atoms with Gasteiger partial charge >= 0.3 is 0 Å². The zero-order valence-corrected chi connectivity index (χ0v) is 13.2. The molecule has 1 N–H and O–H groups in total. The molecule has 2 aromatic rings. The summed E-state index contributed by atoms with van der Waals surface area (Å²) >= 11 is 0. The van der Waals surface area contributed by atoms with Gasteiger partial charge in [0.1, 0.15) is 5.78 Å². The number of nitrogens with zero attached hydrogens (tertiary/aromatic N) is 2. The van der Waals surface area contributed by atoms with Crippen molar-refractivity contribution in [2.24, 2.45) is 4.99 Å². The monoisotopic (exact) mass is 317 g/mol. The fourth-order valence-electron chi connectivity index (χ4n) is 2.70. The molecule has 3 rings (SSSR count). The number of benzene rings is 2. The van der Waals surface area contributed by atoms with Gasteiger partial charge in [0, 0.05) is 25.5 Å². The number of carbonyl (C=O) groups is 2. The van der Waals surface area contributed by atoms with E-state index in [4.69, 9.17) is 5.26 Å². The van der Waals surface area contributed by atoms with E-state index in [0.717, 1.165) is 11.1 Å². The Morgan fingerprint density at radius 3 is 2.79 bits per heavy atom. The van der Waals surface area contributed by atoms with Crippen LogP contribution in [0.1, 0.15) is 33.5 Å². The minimum Gasteiger partial charge on any atom is -0.355 e. The van der Waals surface area contributed by atoms with Gasteiger partial charge < -0.3 is 5.32 Å². The summed E-state index contributed by atoms with van der Waals surface area (Å²) in [6, 6.07) is 14.3. The highest BCUT2D eigenvalue weighted by Crippen LogP contribution is 2.27. The second kappa shape index (κ2) is 6.47. The third-order valence-electron chi connectivity index (χ3n) is 3.90. The first-order valence-electron chi connectivity index (χ1n) is 7.55. The Morgan fingerprint density at radius 2 is 2.04 bits per heavy atom. The maximum atomic E-state index is 12.3. The minimum absolute atomic E-state index is 0.0314. The maximum Gasteiger partial charge on any atom is 0.251 e. The number of fused-ring (bicyclic) bond motifs is 1. The van der Waals surface area contributed by atoms with Crippen molar-refractivity contribution in [1.82, 2.24) is 5.32 Å². The molecular weight excluding hydrogens is 302 g/mol. The normalized spacial score (nSPS) is 13.3. The number of ketones is 1. The van der Waals surface area contributed by atoms with Crippen molar-refractivity contribution in [2.75, 3.05) is 7.05 Å². The van der Waals surface area contributed by atoms with Crippen LogP contribution in [0.15, 0.2) is 47.5 Å². The Bertz CT molecular complexity index is 907. The molecule has 0 atom stereocenters. The van der Waals surface area contributed by atoms with E-state index in [2.05, 4.69) is 16.4 Å². The number of nitrogens with one attached hydrogen (secondary N) is 1. The summed E-state index contributed by atoms with van der Waals surface area (Å²) < 4.78 is 0. The zero-order chi connectivity index (χ0) is 17.1. The van der Waals surface area contributed by atoms with Gasteiger partial charge in [-0.1, -0.05) is 12.1 Å². The molecule has 1 amide bonds. The van der Waals surface area contributed by atoms with Gasteiger partial charge in [0.25, 0.3) is 5.91 Å². The molecule has 0 saturated heterocycles. The average molecular weight is 317 g/mol. The van der Waals surface area contributed by atoms with Crippen molar-refractivity contribution >= 4 is 23.1 Å². The third-order valence-corrected chi connectivity index (χ3v) is 3.90. The smallest absolute Gasteiger partial charge is 0.251 e. The van der Waals surface area contributed by atoms with Gasteiger partial charge in [0.15, 0.2) is 0 Å². The summed E-state index contributed by atoms with van der Waals surface area (Å²) in [6.45, 7) is 0. The Labute approximate surface area is 139 Å². The molecule has 0 bridgehead atoms. The fourth-order valence-corrected chi connectivity index (χ4v) is 2.70.